The molecule has 7 nitrogen and oxygen atoms in total. The molecule has 114 valence electrons. The summed E-state index contributed by atoms with van der Waals surface area (Å²) in [6.45, 7) is 3.62. The number of aromatic amines is 1. The van der Waals surface area contributed by atoms with Crippen LogP contribution < -0.4 is 5.32 Å². The fraction of sp³-hybridized carbons (Fsp3) is 0.643. The van der Waals surface area contributed by atoms with Crippen molar-refractivity contribution >= 4 is 11.6 Å². The van der Waals surface area contributed by atoms with E-state index in [-0.39, 0.29) is 11.6 Å². The first-order valence-electron chi connectivity index (χ1n) is 7.42. The molecule has 21 heavy (non-hydrogen) atoms. The Morgan fingerprint density at radius 1 is 1.24 bits per heavy atom. The molecule has 0 atom stereocenters. The van der Waals surface area contributed by atoms with E-state index in [1.807, 2.05) is 4.90 Å². The molecule has 3 rings (SSSR count). The van der Waals surface area contributed by atoms with E-state index in [2.05, 4.69) is 10.3 Å². The van der Waals surface area contributed by atoms with Crippen molar-refractivity contribution in [1.82, 2.24) is 15.2 Å². The Bertz CT molecular complexity index is 538. The lowest BCUT2D eigenvalue weighted by Crippen LogP contribution is -2.47. The molecule has 3 heterocycles. The van der Waals surface area contributed by atoms with E-state index in [9.17, 15) is 14.9 Å². The SMILES string of the molecule is O=C(c1cc([N+](=O)[O-])c[nH]1)N1CCC2(CCNCC2)CC1. The third kappa shape index (κ3) is 2.78. The molecular formula is C14H20N4O3. The van der Waals surface area contributed by atoms with Crippen molar-refractivity contribution in [2.24, 2.45) is 5.41 Å². The number of aromatic nitrogens is 1. The summed E-state index contributed by atoms with van der Waals surface area (Å²) in [7, 11) is 0. The van der Waals surface area contributed by atoms with Gasteiger partial charge < -0.3 is 15.2 Å². The van der Waals surface area contributed by atoms with E-state index in [0.717, 1.165) is 39.0 Å². The van der Waals surface area contributed by atoms with E-state index < -0.39 is 4.92 Å². The number of nitro groups is 1. The van der Waals surface area contributed by atoms with Gasteiger partial charge in [0.25, 0.3) is 11.6 Å². The smallest absolute Gasteiger partial charge is 0.287 e. The van der Waals surface area contributed by atoms with E-state index >= 15 is 0 Å². The van der Waals surface area contributed by atoms with Crippen molar-refractivity contribution < 1.29 is 9.72 Å². The maximum Gasteiger partial charge on any atom is 0.287 e. The van der Waals surface area contributed by atoms with Gasteiger partial charge in [0.15, 0.2) is 0 Å². The van der Waals surface area contributed by atoms with Crippen LogP contribution in [0.1, 0.15) is 36.2 Å². The molecule has 2 saturated heterocycles. The first kappa shape index (κ1) is 14.1. The minimum atomic E-state index is -0.493. The molecule has 0 aliphatic carbocycles. The third-order valence-corrected chi connectivity index (χ3v) is 4.88. The number of nitrogens with zero attached hydrogens (tertiary/aromatic N) is 2. The fourth-order valence-corrected chi connectivity index (χ4v) is 3.42. The van der Waals surface area contributed by atoms with Gasteiger partial charge >= 0.3 is 0 Å². The van der Waals surface area contributed by atoms with Crippen LogP contribution in [0.3, 0.4) is 0 Å². The van der Waals surface area contributed by atoms with Crippen molar-refractivity contribution in [2.45, 2.75) is 25.7 Å². The maximum atomic E-state index is 12.4. The predicted octanol–water partition coefficient (Wildman–Crippen LogP) is 1.53. The van der Waals surface area contributed by atoms with Crippen LogP contribution in [-0.2, 0) is 0 Å². The topological polar surface area (TPSA) is 91.3 Å². The largest absolute Gasteiger partial charge is 0.351 e. The molecule has 2 aliphatic rings. The first-order valence-corrected chi connectivity index (χ1v) is 7.42. The normalized spacial score (nSPS) is 21.4. The van der Waals surface area contributed by atoms with Crippen LogP contribution in [0.2, 0.25) is 0 Å². The highest BCUT2D eigenvalue weighted by Gasteiger charge is 2.37. The average Bonchev–Trinajstić information content (AvgIpc) is 2.98. The van der Waals surface area contributed by atoms with Crippen molar-refractivity contribution in [1.29, 1.82) is 0 Å². The molecule has 2 aliphatic heterocycles. The summed E-state index contributed by atoms with van der Waals surface area (Å²) in [6, 6.07) is 1.32. The van der Waals surface area contributed by atoms with Crippen molar-refractivity contribution in [3.8, 4) is 0 Å². The summed E-state index contributed by atoms with van der Waals surface area (Å²) < 4.78 is 0. The number of carbonyl (C=O) groups is 1. The third-order valence-electron chi connectivity index (χ3n) is 4.88. The van der Waals surface area contributed by atoms with Crippen LogP contribution >= 0.6 is 0 Å². The van der Waals surface area contributed by atoms with E-state index in [1.54, 1.807) is 0 Å². The van der Waals surface area contributed by atoms with Crippen LogP contribution in [-0.4, -0.2) is 46.9 Å². The summed E-state index contributed by atoms with van der Waals surface area (Å²) in [5.41, 5.74) is 0.636. The second-order valence-corrected chi connectivity index (χ2v) is 6.07. The number of rotatable bonds is 2. The van der Waals surface area contributed by atoms with Crippen LogP contribution in [0.15, 0.2) is 12.3 Å². The number of piperidine rings is 2. The Hall–Kier alpha value is -1.89. The van der Waals surface area contributed by atoms with Gasteiger partial charge in [0.1, 0.15) is 5.69 Å². The van der Waals surface area contributed by atoms with E-state index in [1.165, 1.54) is 25.1 Å². The monoisotopic (exact) mass is 292 g/mol. The zero-order valence-corrected chi connectivity index (χ0v) is 11.9. The average molecular weight is 292 g/mol. The molecule has 0 aromatic carbocycles. The Morgan fingerprint density at radius 2 is 1.90 bits per heavy atom. The van der Waals surface area contributed by atoms with Crippen LogP contribution in [0.4, 0.5) is 5.69 Å². The van der Waals surface area contributed by atoms with E-state index in [0.29, 0.717) is 11.1 Å². The maximum absolute atomic E-state index is 12.4. The molecule has 1 amide bonds. The lowest BCUT2D eigenvalue weighted by atomic mass is 9.71. The number of hydrogen-bond acceptors (Lipinski definition) is 4. The number of likely N-dealkylation sites (tertiary alicyclic amines) is 1. The highest BCUT2D eigenvalue weighted by molar-refractivity contribution is 5.93. The number of nitrogens with one attached hydrogen (secondary N) is 2. The molecule has 1 aromatic rings. The molecule has 0 bridgehead atoms. The van der Waals surface area contributed by atoms with Gasteiger partial charge in [-0.2, -0.15) is 0 Å². The van der Waals surface area contributed by atoms with Gasteiger partial charge in [-0.05, 0) is 44.2 Å². The summed E-state index contributed by atoms with van der Waals surface area (Å²) in [5, 5.41) is 14.1. The van der Waals surface area contributed by atoms with Gasteiger partial charge in [-0.25, -0.2) is 0 Å². The summed E-state index contributed by atoms with van der Waals surface area (Å²) >= 11 is 0. The Kier molecular flexibility index (Phi) is 3.67. The molecule has 0 unspecified atom stereocenters. The molecule has 1 spiro atoms. The molecular weight excluding hydrogens is 272 g/mol. The fourth-order valence-electron chi connectivity index (χ4n) is 3.42. The Morgan fingerprint density at radius 3 is 2.48 bits per heavy atom. The minimum Gasteiger partial charge on any atom is -0.351 e. The minimum absolute atomic E-state index is 0.0646. The van der Waals surface area contributed by atoms with Gasteiger partial charge in [0.05, 0.1) is 11.1 Å². The van der Waals surface area contributed by atoms with Gasteiger partial charge in [0, 0.05) is 19.2 Å². The molecule has 0 saturated carbocycles. The Labute approximate surface area is 122 Å². The van der Waals surface area contributed by atoms with Crippen LogP contribution in [0.25, 0.3) is 0 Å². The van der Waals surface area contributed by atoms with Gasteiger partial charge in [-0.15, -0.1) is 0 Å². The second kappa shape index (κ2) is 5.48. The second-order valence-electron chi connectivity index (χ2n) is 6.07. The molecule has 2 fully saturated rings. The van der Waals surface area contributed by atoms with E-state index in [4.69, 9.17) is 0 Å². The van der Waals surface area contributed by atoms with Crippen LogP contribution in [0.5, 0.6) is 0 Å². The number of amides is 1. The predicted molar refractivity (Wildman–Crippen MR) is 77.1 cm³/mol. The van der Waals surface area contributed by atoms with Gasteiger partial charge in [0.2, 0.25) is 0 Å². The molecule has 0 radical (unpaired) electrons. The number of carbonyl (C=O) groups excluding carboxylic acids is 1. The number of hydrogen-bond donors (Lipinski definition) is 2. The number of H-pyrrole nitrogens is 1. The summed E-state index contributed by atoms with van der Waals surface area (Å²) in [6.07, 6.45) is 5.70. The highest BCUT2D eigenvalue weighted by Crippen LogP contribution is 2.39. The Balaban J connectivity index is 1.63. The lowest BCUT2D eigenvalue weighted by molar-refractivity contribution is -0.384. The van der Waals surface area contributed by atoms with Gasteiger partial charge in [-0.3, -0.25) is 14.9 Å². The zero-order valence-electron chi connectivity index (χ0n) is 11.9. The lowest BCUT2D eigenvalue weighted by Gasteiger charge is -2.44. The first-order chi connectivity index (χ1) is 10.1. The van der Waals surface area contributed by atoms with Crippen molar-refractivity contribution in [3.05, 3.63) is 28.1 Å². The zero-order chi connectivity index (χ0) is 14.9. The van der Waals surface area contributed by atoms with Crippen molar-refractivity contribution in [3.63, 3.8) is 0 Å². The molecule has 2 N–H and O–H groups in total. The quantitative estimate of drug-likeness (QED) is 0.638. The standard InChI is InChI=1S/C14H20N4O3/c19-13(12-9-11(10-16-12)18(20)21)17-7-3-14(4-8-17)1-5-15-6-2-14/h9-10,15-16H,1-8H2. The summed E-state index contributed by atoms with van der Waals surface area (Å²) in [4.78, 5) is 27.1. The van der Waals surface area contributed by atoms with Crippen molar-refractivity contribution in [2.75, 3.05) is 26.2 Å². The summed E-state index contributed by atoms with van der Waals surface area (Å²) in [5.74, 6) is -0.133. The molecule has 7 heteroatoms. The molecule has 1 aromatic heterocycles. The van der Waals surface area contributed by atoms with Gasteiger partial charge in [-0.1, -0.05) is 0 Å². The highest BCUT2D eigenvalue weighted by atomic mass is 16.6. The van der Waals surface area contributed by atoms with Crippen LogP contribution in [0, 0.1) is 15.5 Å².